The molecule has 1 aliphatic heterocycles. The molecule has 2 atom stereocenters. The van der Waals surface area contributed by atoms with E-state index < -0.39 is 23.6 Å². The Morgan fingerprint density at radius 3 is 2.41 bits per heavy atom. The highest BCUT2D eigenvalue weighted by atomic mass is 19.4. The van der Waals surface area contributed by atoms with Gasteiger partial charge >= 0.3 is 12.1 Å². The highest BCUT2D eigenvalue weighted by molar-refractivity contribution is 5.91. The number of pyridine rings is 2. The zero-order valence-electron chi connectivity index (χ0n) is 29.5. The fourth-order valence-corrected chi connectivity index (χ4v) is 7.32. The molecule has 0 unspecified atom stereocenters. The maximum absolute atomic E-state index is 14.1. The predicted octanol–water partition coefficient (Wildman–Crippen LogP) is 5.52. The van der Waals surface area contributed by atoms with E-state index in [0.717, 1.165) is 25.3 Å². The fraction of sp³-hybridized carbons (Fsp3) is 0.543. The number of halogens is 3. The van der Waals surface area contributed by atoms with Crippen LogP contribution in [0.25, 0.3) is 33.9 Å². The molecule has 2 aliphatic rings. The van der Waals surface area contributed by atoms with E-state index in [1.165, 1.54) is 6.20 Å². The number of alkyl halides is 3. The molecule has 1 saturated heterocycles. The number of ether oxygens (including phenoxy) is 2. The lowest BCUT2D eigenvalue weighted by Gasteiger charge is -2.44. The highest BCUT2D eigenvalue weighted by Crippen LogP contribution is 2.44. The Balaban J connectivity index is 1.34. The summed E-state index contributed by atoms with van der Waals surface area (Å²) in [5.41, 5.74) is 1.57. The Hall–Kier alpha value is -4.57. The number of hydrogen-bond acceptors (Lipinski definition) is 11. The molecule has 4 aromatic heterocycles. The van der Waals surface area contributed by atoms with Crippen molar-refractivity contribution in [1.82, 2.24) is 34.8 Å². The lowest BCUT2D eigenvalue weighted by molar-refractivity contribution is -0.139. The van der Waals surface area contributed by atoms with Gasteiger partial charge in [-0.2, -0.15) is 13.2 Å². The third-order valence-corrected chi connectivity index (χ3v) is 9.91. The third kappa shape index (κ3) is 7.71. The van der Waals surface area contributed by atoms with Gasteiger partial charge in [0.1, 0.15) is 22.6 Å². The number of piperazine rings is 1. The number of aromatic amines is 1. The third-order valence-electron chi connectivity index (χ3n) is 9.91. The molecule has 4 aromatic rings. The molecular formula is C35H44F3N9O4. The molecule has 13 nitrogen and oxygen atoms in total. The number of rotatable bonds is 13. The molecule has 6 rings (SSSR count). The molecule has 0 amide bonds. The highest BCUT2D eigenvalue weighted by Gasteiger charge is 2.39. The van der Waals surface area contributed by atoms with Crippen molar-refractivity contribution in [3.8, 4) is 28.7 Å². The Labute approximate surface area is 294 Å². The van der Waals surface area contributed by atoms with E-state index in [-0.39, 0.29) is 41.8 Å². The van der Waals surface area contributed by atoms with Crippen LogP contribution < -0.4 is 14.5 Å². The van der Waals surface area contributed by atoms with E-state index in [1.807, 2.05) is 7.05 Å². The average Bonchev–Trinajstić information content (AvgIpc) is 3.50. The Morgan fingerprint density at radius 1 is 1.08 bits per heavy atom. The first kappa shape index (κ1) is 36.2. The Morgan fingerprint density at radius 2 is 1.82 bits per heavy atom. The van der Waals surface area contributed by atoms with E-state index in [4.69, 9.17) is 29.5 Å². The molecule has 16 heteroatoms. The van der Waals surface area contributed by atoms with Gasteiger partial charge in [0.15, 0.2) is 11.5 Å². The summed E-state index contributed by atoms with van der Waals surface area (Å²) in [5, 5.41) is 9.14. The monoisotopic (exact) mass is 711 g/mol. The van der Waals surface area contributed by atoms with Crippen molar-refractivity contribution in [2.75, 3.05) is 63.4 Å². The molecule has 0 bridgehead atoms. The van der Waals surface area contributed by atoms with Gasteiger partial charge in [-0.15, -0.1) is 0 Å². The van der Waals surface area contributed by atoms with Crippen LogP contribution in [0.2, 0.25) is 0 Å². The van der Waals surface area contributed by atoms with Crippen molar-refractivity contribution in [2.24, 2.45) is 5.41 Å². The molecule has 0 radical (unpaired) electrons. The average molecular weight is 712 g/mol. The van der Waals surface area contributed by atoms with Crippen molar-refractivity contribution in [2.45, 2.75) is 64.7 Å². The SMILES string of the molecule is CCOc1ncc(-c2cc(N(C)CC3(COC)CCC3)c3[nH]c(-c4cnc(N5C[C@@H](C)N(CCC(=O)O)[C@@H](C)C5)cn4)nc3n2)cc1C(F)(F)F. The standard InChI is InChI=1S/C35H44F3N9O4/c1-6-51-33-24(35(36,37)38)12-23(14-41-33)25-13-27(45(4)19-34(20-50-5)9-7-10-34)30-32(42-25)44-31(43-30)26-15-40-28(16-39-26)46-17-21(2)47(22(3)18-46)11-8-29(48)49/h12-16,21-22H,6-11,17-20H2,1-5H3,(H,48,49)(H,42,43,44)/t21-,22+. The topological polar surface area (TPSA) is 146 Å². The summed E-state index contributed by atoms with van der Waals surface area (Å²) >= 11 is 0. The van der Waals surface area contributed by atoms with Crippen LogP contribution in [0.3, 0.4) is 0 Å². The summed E-state index contributed by atoms with van der Waals surface area (Å²) in [6, 6.07) is 3.02. The maximum Gasteiger partial charge on any atom is 0.421 e. The molecule has 274 valence electrons. The van der Waals surface area contributed by atoms with Crippen LogP contribution in [0.1, 0.15) is 52.0 Å². The predicted molar refractivity (Wildman–Crippen MR) is 186 cm³/mol. The molecule has 5 heterocycles. The Bertz CT molecular complexity index is 1840. The zero-order valence-corrected chi connectivity index (χ0v) is 29.5. The van der Waals surface area contributed by atoms with Crippen LogP contribution in [-0.2, 0) is 15.7 Å². The van der Waals surface area contributed by atoms with Crippen LogP contribution in [-0.4, -0.2) is 112 Å². The van der Waals surface area contributed by atoms with E-state index >= 15 is 0 Å². The molecule has 1 saturated carbocycles. The number of aromatic nitrogens is 6. The summed E-state index contributed by atoms with van der Waals surface area (Å²) in [4.78, 5) is 43.8. The second kappa shape index (κ2) is 14.6. The second-order valence-electron chi connectivity index (χ2n) is 13.7. The normalized spacial score (nSPS) is 19.3. The summed E-state index contributed by atoms with van der Waals surface area (Å²) in [6.45, 7) is 8.89. The molecule has 51 heavy (non-hydrogen) atoms. The van der Waals surface area contributed by atoms with Gasteiger partial charge in [0, 0.05) is 69.6 Å². The fourth-order valence-electron chi connectivity index (χ4n) is 7.32. The van der Waals surface area contributed by atoms with Crippen molar-refractivity contribution in [3.05, 3.63) is 36.3 Å². The van der Waals surface area contributed by atoms with Crippen molar-refractivity contribution >= 4 is 28.6 Å². The molecule has 2 N–H and O–H groups in total. The van der Waals surface area contributed by atoms with Gasteiger partial charge in [0.25, 0.3) is 0 Å². The maximum atomic E-state index is 14.1. The number of anilines is 2. The number of carbonyl (C=O) groups is 1. The van der Waals surface area contributed by atoms with Gasteiger partial charge in [-0.25, -0.2) is 24.9 Å². The summed E-state index contributed by atoms with van der Waals surface area (Å²) in [6.07, 6.45) is 3.20. The zero-order chi connectivity index (χ0) is 36.5. The number of imidazole rings is 1. The number of aliphatic carboxylic acids is 1. The van der Waals surface area contributed by atoms with E-state index in [2.05, 4.69) is 43.5 Å². The van der Waals surface area contributed by atoms with Crippen LogP contribution in [0.5, 0.6) is 5.88 Å². The Kier molecular flexibility index (Phi) is 10.4. The lowest BCUT2D eigenvalue weighted by Crippen LogP contribution is -2.57. The van der Waals surface area contributed by atoms with Gasteiger partial charge in [0.2, 0.25) is 5.88 Å². The van der Waals surface area contributed by atoms with Crippen LogP contribution in [0.15, 0.2) is 30.7 Å². The molecule has 2 fully saturated rings. The first-order chi connectivity index (χ1) is 24.3. The van der Waals surface area contributed by atoms with Crippen molar-refractivity contribution < 1.29 is 32.5 Å². The van der Waals surface area contributed by atoms with Crippen LogP contribution in [0, 0.1) is 5.41 Å². The summed E-state index contributed by atoms with van der Waals surface area (Å²) in [7, 11) is 3.64. The van der Waals surface area contributed by atoms with Crippen LogP contribution in [0.4, 0.5) is 24.7 Å². The van der Waals surface area contributed by atoms with Gasteiger partial charge in [-0.1, -0.05) is 6.42 Å². The minimum absolute atomic E-state index is 0.0374. The minimum atomic E-state index is -4.68. The second-order valence-corrected chi connectivity index (χ2v) is 13.7. The van der Waals surface area contributed by atoms with Gasteiger partial charge in [-0.05, 0) is 45.7 Å². The van der Waals surface area contributed by atoms with E-state index in [1.54, 1.807) is 32.5 Å². The smallest absolute Gasteiger partial charge is 0.421 e. The molecular weight excluding hydrogens is 667 g/mol. The molecule has 0 aromatic carbocycles. The van der Waals surface area contributed by atoms with E-state index in [0.29, 0.717) is 67.0 Å². The number of carboxylic acid groups (broad SMARTS) is 1. The number of carboxylic acids is 1. The number of nitrogens with one attached hydrogen (secondary N) is 1. The first-order valence-electron chi connectivity index (χ1n) is 17.2. The number of H-pyrrole nitrogens is 1. The molecule has 0 spiro atoms. The molecule has 1 aliphatic carbocycles. The summed E-state index contributed by atoms with van der Waals surface area (Å²) in [5.74, 6) is -0.183. The minimum Gasteiger partial charge on any atom is -0.481 e. The van der Waals surface area contributed by atoms with Crippen molar-refractivity contribution in [3.63, 3.8) is 0 Å². The van der Waals surface area contributed by atoms with Gasteiger partial charge in [0.05, 0.1) is 43.4 Å². The van der Waals surface area contributed by atoms with Crippen LogP contribution >= 0.6 is 0 Å². The first-order valence-corrected chi connectivity index (χ1v) is 17.2. The number of hydrogen-bond donors (Lipinski definition) is 2. The number of nitrogens with zero attached hydrogens (tertiary/aromatic N) is 8. The number of fused-ring (bicyclic) bond motifs is 1. The van der Waals surface area contributed by atoms with Crippen molar-refractivity contribution in [1.29, 1.82) is 0 Å². The summed E-state index contributed by atoms with van der Waals surface area (Å²) < 4.78 is 53.0. The lowest BCUT2D eigenvalue weighted by atomic mass is 9.69. The quantitative estimate of drug-likeness (QED) is 0.180. The van der Waals surface area contributed by atoms with E-state index in [9.17, 15) is 18.0 Å². The van der Waals surface area contributed by atoms with Gasteiger partial charge in [-0.3, -0.25) is 9.69 Å². The van der Waals surface area contributed by atoms with Gasteiger partial charge < -0.3 is 29.4 Å². The largest absolute Gasteiger partial charge is 0.481 e. The number of methoxy groups -OCH3 is 1.